The van der Waals surface area contributed by atoms with E-state index in [1.165, 1.54) is 4.57 Å². The van der Waals surface area contributed by atoms with Crippen LogP contribution in [0.1, 0.15) is 5.56 Å². The molecule has 0 radical (unpaired) electrons. The molecule has 2 aromatic carbocycles. The van der Waals surface area contributed by atoms with Crippen molar-refractivity contribution in [2.75, 3.05) is 0 Å². The topological polar surface area (TPSA) is 34.1 Å². The molecule has 0 aliphatic carbocycles. The molecule has 0 saturated carbocycles. The Kier molecular flexibility index (Phi) is 2.84. The summed E-state index contributed by atoms with van der Waals surface area (Å²) in [6.45, 7) is 1.91. The number of rotatable bonds is 1. The summed E-state index contributed by atoms with van der Waals surface area (Å²) in [4.78, 5) is 12.1. The summed E-state index contributed by atoms with van der Waals surface area (Å²) in [5.41, 5.74) is 2.24. The smallest absolute Gasteiger partial charge is 0.371 e. The van der Waals surface area contributed by atoms with Crippen LogP contribution in [0.4, 0.5) is 0 Å². The van der Waals surface area contributed by atoms with Crippen molar-refractivity contribution in [3.63, 3.8) is 0 Å². The van der Waals surface area contributed by atoms with Crippen LogP contribution in [0.5, 0.6) is 0 Å². The molecule has 0 aliphatic rings. The first kappa shape index (κ1) is 11.9. The average molecular weight is 273 g/mol. The van der Waals surface area contributed by atoms with Crippen LogP contribution >= 0.6 is 11.6 Å². The summed E-state index contributed by atoms with van der Waals surface area (Å²) >= 11 is 5.94. The standard InChI is InChI=1S/C15H11ClNO2/c1-10-4-2-5-11-9-17(15(18)19-14(10)11)13-7-3-6-12(16)8-13/h2-9H,1H3/q+1. The molecule has 0 saturated heterocycles. The third kappa shape index (κ3) is 2.13. The van der Waals surface area contributed by atoms with Crippen LogP contribution in [0.25, 0.3) is 16.7 Å². The molecule has 19 heavy (non-hydrogen) atoms. The Hall–Kier alpha value is -2.13. The van der Waals surface area contributed by atoms with Gasteiger partial charge in [-0.1, -0.05) is 34.4 Å². The maximum atomic E-state index is 12.1. The van der Waals surface area contributed by atoms with Crippen molar-refractivity contribution in [3.05, 3.63) is 69.8 Å². The average Bonchev–Trinajstić information content (AvgIpc) is 2.39. The van der Waals surface area contributed by atoms with Crippen LogP contribution in [-0.4, -0.2) is 0 Å². The lowest BCUT2D eigenvalue weighted by atomic mass is 10.2. The van der Waals surface area contributed by atoms with E-state index in [1.54, 1.807) is 24.4 Å². The summed E-state index contributed by atoms with van der Waals surface area (Å²) in [7, 11) is 0. The first-order chi connectivity index (χ1) is 9.15. The number of hydrogen-bond acceptors (Lipinski definition) is 2. The highest BCUT2D eigenvalue weighted by Crippen LogP contribution is 2.15. The Morgan fingerprint density at radius 3 is 2.74 bits per heavy atom. The molecule has 1 heterocycles. The second-order valence-electron chi connectivity index (χ2n) is 4.34. The normalized spacial score (nSPS) is 10.8. The van der Waals surface area contributed by atoms with Crippen LogP contribution < -0.4 is 10.3 Å². The van der Waals surface area contributed by atoms with Gasteiger partial charge >= 0.3 is 5.76 Å². The summed E-state index contributed by atoms with van der Waals surface area (Å²) in [5, 5.41) is 1.45. The SMILES string of the molecule is Cc1cccc2c[n+](-c3cccc(Cl)c3)c(=O)oc12. The number of aryl methyl sites for hydroxylation is 1. The van der Waals surface area contributed by atoms with Crippen LogP contribution in [0.15, 0.2) is 57.9 Å². The molecule has 0 aliphatic heterocycles. The number of fused-ring (bicyclic) bond motifs is 1. The minimum absolute atomic E-state index is 0.427. The molecule has 3 nitrogen and oxygen atoms in total. The third-order valence-electron chi connectivity index (χ3n) is 2.98. The second kappa shape index (κ2) is 4.52. The molecular weight excluding hydrogens is 262 g/mol. The van der Waals surface area contributed by atoms with Crippen molar-refractivity contribution in [1.82, 2.24) is 0 Å². The molecule has 4 heteroatoms. The zero-order valence-corrected chi connectivity index (χ0v) is 11.0. The summed E-state index contributed by atoms with van der Waals surface area (Å²) in [6.07, 6.45) is 1.76. The van der Waals surface area contributed by atoms with Gasteiger partial charge in [0.25, 0.3) is 0 Å². The minimum atomic E-state index is -0.427. The van der Waals surface area contributed by atoms with E-state index in [0.29, 0.717) is 16.3 Å². The molecule has 0 amide bonds. The van der Waals surface area contributed by atoms with Gasteiger partial charge in [-0.15, -0.1) is 0 Å². The third-order valence-corrected chi connectivity index (χ3v) is 3.22. The highest BCUT2D eigenvalue weighted by atomic mass is 35.5. The quantitative estimate of drug-likeness (QED) is 0.638. The molecule has 3 rings (SSSR count). The van der Waals surface area contributed by atoms with E-state index < -0.39 is 5.76 Å². The van der Waals surface area contributed by atoms with Crippen molar-refractivity contribution in [3.8, 4) is 5.69 Å². The molecular formula is C15H11ClNO2+. The fourth-order valence-electron chi connectivity index (χ4n) is 2.05. The van der Waals surface area contributed by atoms with E-state index in [1.807, 2.05) is 31.2 Å². The van der Waals surface area contributed by atoms with Crippen molar-refractivity contribution in [2.24, 2.45) is 0 Å². The van der Waals surface area contributed by atoms with Crippen LogP contribution in [0, 0.1) is 6.92 Å². The molecule has 0 atom stereocenters. The summed E-state index contributed by atoms with van der Waals surface area (Å²) in [6, 6.07) is 12.8. The van der Waals surface area contributed by atoms with Crippen molar-refractivity contribution in [1.29, 1.82) is 0 Å². The Labute approximate surface area is 114 Å². The first-order valence-corrected chi connectivity index (χ1v) is 6.24. The van der Waals surface area contributed by atoms with Crippen LogP contribution in [0.2, 0.25) is 5.02 Å². The second-order valence-corrected chi connectivity index (χ2v) is 4.78. The first-order valence-electron chi connectivity index (χ1n) is 5.86. The zero-order chi connectivity index (χ0) is 13.4. The van der Waals surface area contributed by atoms with Gasteiger partial charge in [0.15, 0.2) is 11.8 Å². The van der Waals surface area contributed by atoms with Gasteiger partial charge in [-0.05, 0) is 24.6 Å². The maximum absolute atomic E-state index is 12.1. The van der Waals surface area contributed by atoms with Gasteiger partial charge in [-0.3, -0.25) is 0 Å². The molecule has 0 bridgehead atoms. The monoisotopic (exact) mass is 272 g/mol. The Morgan fingerprint density at radius 1 is 1.16 bits per heavy atom. The van der Waals surface area contributed by atoms with Gasteiger partial charge in [0, 0.05) is 17.2 Å². The van der Waals surface area contributed by atoms with Crippen LogP contribution in [-0.2, 0) is 0 Å². The predicted octanol–water partition coefficient (Wildman–Crippen LogP) is 3.03. The summed E-state index contributed by atoms with van der Waals surface area (Å²) < 4.78 is 6.83. The summed E-state index contributed by atoms with van der Waals surface area (Å²) in [5.74, 6) is -0.427. The highest BCUT2D eigenvalue weighted by molar-refractivity contribution is 6.30. The molecule has 3 aromatic rings. The van der Waals surface area contributed by atoms with E-state index in [9.17, 15) is 4.79 Å². The highest BCUT2D eigenvalue weighted by Gasteiger charge is 2.16. The van der Waals surface area contributed by atoms with Crippen LogP contribution in [0.3, 0.4) is 0 Å². The van der Waals surface area contributed by atoms with Crippen molar-refractivity contribution in [2.45, 2.75) is 6.92 Å². The molecule has 94 valence electrons. The van der Waals surface area contributed by atoms with Gasteiger partial charge in [-0.25, -0.2) is 0 Å². The molecule has 1 aromatic heterocycles. The molecule has 0 unspecified atom stereocenters. The van der Waals surface area contributed by atoms with E-state index >= 15 is 0 Å². The lowest BCUT2D eigenvalue weighted by Crippen LogP contribution is -2.46. The van der Waals surface area contributed by atoms with Gasteiger partial charge in [0.05, 0.1) is 5.39 Å². The maximum Gasteiger partial charge on any atom is 0.608 e. The van der Waals surface area contributed by atoms with Gasteiger partial charge < -0.3 is 4.42 Å². The fourth-order valence-corrected chi connectivity index (χ4v) is 2.23. The lowest BCUT2D eigenvalue weighted by Gasteiger charge is -1.99. The Balaban J connectivity index is 2.31. The molecule has 0 N–H and O–H groups in total. The van der Waals surface area contributed by atoms with E-state index in [4.69, 9.17) is 16.0 Å². The molecule has 0 spiro atoms. The fraction of sp³-hybridized carbons (Fsp3) is 0.0667. The van der Waals surface area contributed by atoms with Gasteiger partial charge in [0.2, 0.25) is 5.69 Å². The number of nitrogens with zero attached hydrogens (tertiary/aromatic N) is 1. The number of halogens is 1. The zero-order valence-electron chi connectivity index (χ0n) is 10.3. The number of hydrogen-bond donors (Lipinski definition) is 0. The number of para-hydroxylation sites is 1. The van der Waals surface area contributed by atoms with E-state index in [2.05, 4.69) is 0 Å². The minimum Gasteiger partial charge on any atom is -0.371 e. The van der Waals surface area contributed by atoms with E-state index in [-0.39, 0.29) is 0 Å². The predicted molar refractivity (Wildman–Crippen MR) is 73.8 cm³/mol. The van der Waals surface area contributed by atoms with Gasteiger partial charge in [0.1, 0.15) is 0 Å². The number of aromatic nitrogens is 1. The van der Waals surface area contributed by atoms with Crippen molar-refractivity contribution >= 4 is 22.6 Å². The Morgan fingerprint density at radius 2 is 1.95 bits per heavy atom. The lowest BCUT2D eigenvalue weighted by molar-refractivity contribution is -0.623. The molecule has 0 fully saturated rings. The van der Waals surface area contributed by atoms with Crippen molar-refractivity contribution < 1.29 is 8.98 Å². The van der Waals surface area contributed by atoms with E-state index in [0.717, 1.165) is 10.9 Å². The number of benzene rings is 2. The largest absolute Gasteiger partial charge is 0.608 e. The van der Waals surface area contributed by atoms with Gasteiger partial charge in [-0.2, -0.15) is 4.79 Å². The Bertz CT molecular complexity index is 824.